The SMILES string of the molecule is CS(=O)(=O)N1CCCN(C(=O)C=Cc2ccc(C(=O)O)cc2)CC1. The van der Waals surface area contributed by atoms with Crippen LogP contribution in [0.25, 0.3) is 6.08 Å². The number of amides is 1. The summed E-state index contributed by atoms with van der Waals surface area (Å²) in [4.78, 5) is 24.6. The average Bonchev–Trinajstić information content (AvgIpc) is 2.79. The maximum Gasteiger partial charge on any atom is 0.335 e. The first-order valence-corrected chi connectivity index (χ1v) is 9.37. The molecule has 1 aliphatic rings. The average molecular weight is 352 g/mol. The van der Waals surface area contributed by atoms with Gasteiger partial charge in [-0.15, -0.1) is 0 Å². The van der Waals surface area contributed by atoms with Gasteiger partial charge in [0.05, 0.1) is 11.8 Å². The van der Waals surface area contributed by atoms with Crippen molar-refractivity contribution in [3.63, 3.8) is 0 Å². The standard InChI is InChI=1S/C16H20N2O5S/c1-24(22,23)18-10-2-9-17(11-12-18)15(19)8-5-13-3-6-14(7-4-13)16(20)21/h3-8H,2,9-12H2,1H3,(H,20,21). The highest BCUT2D eigenvalue weighted by Crippen LogP contribution is 2.10. The zero-order chi connectivity index (χ0) is 17.7. The first kappa shape index (κ1) is 18.2. The van der Waals surface area contributed by atoms with Gasteiger partial charge in [0.25, 0.3) is 0 Å². The third kappa shape index (κ3) is 4.90. The van der Waals surface area contributed by atoms with E-state index in [9.17, 15) is 18.0 Å². The maximum atomic E-state index is 12.2. The molecular formula is C16H20N2O5S. The molecule has 0 bridgehead atoms. The third-order valence-corrected chi connectivity index (χ3v) is 5.11. The Morgan fingerprint density at radius 3 is 2.33 bits per heavy atom. The van der Waals surface area contributed by atoms with E-state index < -0.39 is 16.0 Å². The van der Waals surface area contributed by atoms with E-state index in [1.807, 2.05) is 0 Å². The first-order valence-electron chi connectivity index (χ1n) is 7.53. The molecule has 24 heavy (non-hydrogen) atoms. The predicted octanol–water partition coefficient (Wildman–Crippen LogP) is 0.892. The lowest BCUT2D eigenvalue weighted by Gasteiger charge is -2.19. The number of carboxylic acid groups (broad SMARTS) is 1. The van der Waals surface area contributed by atoms with Crippen LogP contribution in [0.5, 0.6) is 0 Å². The summed E-state index contributed by atoms with van der Waals surface area (Å²) in [7, 11) is -3.24. The van der Waals surface area contributed by atoms with Gasteiger partial charge < -0.3 is 10.0 Å². The lowest BCUT2D eigenvalue weighted by atomic mass is 10.1. The fourth-order valence-corrected chi connectivity index (χ4v) is 3.33. The van der Waals surface area contributed by atoms with Crippen LogP contribution in [0.1, 0.15) is 22.3 Å². The Morgan fingerprint density at radius 1 is 1.08 bits per heavy atom. The van der Waals surface area contributed by atoms with Gasteiger partial charge in [-0.25, -0.2) is 17.5 Å². The molecule has 0 aliphatic carbocycles. The number of carboxylic acids is 1. The van der Waals surface area contributed by atoms with Crippen LogP contribution in [-0.4, -0.2) is 67.0 Å². The minimum Gasteiger partial charge on any atom is -0.478 e. The van der Waals surface area contributed by atoms with Gasteiger partial charge >= 0.3 is 5.97 Å². The van der Waals surface area contributed by atoms with E-state index in [4.69, 9.17) is 5.11 Å². The number of rotatable bonds is 4. The van der Waals surface area contributed by atoms with Crippen molar-refractivity contribution >= 4 is 28.0 Å². The number of hydrogen-bond acceptors (Lipinski definition) is 4. The summed E-state index contributed by atoms with van der Waals surface area (Å²) in [6.07, 6.45) is 4.81. The van der Waals surface area contributed by atoms with E-state index in [0.717, 1.165) is 5.56 Å². The van der Waals surface area contributed by atoms with Crippen molar-refractivity contribution in [2.75, 3.05) is 32.4 Å². The summed E-state index contributed by atoms with van der Waals surface area (Å²) in [6, 6.07) is 6.20. The molecule has 0 radical (unpaired) electrons. The summed E-state index contributed by atoms with van der Waals surface area (Å²) in [5.74, 6) is -1.19. The smallest absolute Gasteiger partial charge is 0.335 e. The Hall–Kier alpha value is -2.19. The van der Waals surface area contributed by atoms with E-state index >= 15 is 0 Å². The largest absolute Gasteiger partial charge is 0.478 e. The van der Waals surface area contributed by atoms with E-state index in [2.05, 4.69) is 0 Å². The van der Waals surface area contributed by atoms with Crippen molar-refractivity contribution in [1.82, 2.24) is 9.21 Å². The van der Waals surface area contributed by atoms with E-state index in [1.54, 1.807) is 23.1 Å². The topological polar surface area (TPSA) is 95.0 Å². The Morgan fingerprint density at radius 2 is 1.75 bits per heavy atom. The normalized spacial score (nSPS) is 17.0. The molecule has 0 unspecified atom stereocenters. The zero-order valence-electron chi connectivity index (χ0n) is 13.4. The molecule has 1 aromatic carbocycles. The van der Waals surface area contributed by atoms with Crippen LogP contribution in [-0.2, 0) is 14.8 Å². The Bertz CT molecular complexity index is 740. The van der Waals surface area contributed by atoms with Gasteiger partial charge in [-0.3, -0.25) is 4.79 Å². The summed E-state index contributed by atoms with van der Waals surface area (Å²) in [5.41, 5.74) is 0.910. The highest BCUT2D eigenvalue weighted by atomic mass is 32.2. The molecule has 130 valence electrons. The van der Waals surface area contributed by atoms with Crippen LogP contribution in [0.2, 0.25) is 0 Å². The van der Waals surface area contributed by atoms with Gasteiger partial charge in [0, 0.05) is 32.3 Å². The monoisotopic (exact) mass is 352 g/mol. The van der Waals surface area contributed by atoms with Crippen molar-refractivity contribution < 1.29 is 23.1 Å². The third-order valence-electron chi connectivity index (χ3n) is 3.81. The second-order valence-electron chi connectivity index (χ2n) is 5.60. The number of sulfonamides is 1. The second kappa shape index (κ2) is 7.59. The molecule has 1 amide bonds. The van der Waals surface area contributed by atoms with Gasteiger partial charge in [0.15, 0.2) is 0 Å². The molecule has 0 atom stereocenters. The van der Waals surface area contributed by atoms with Gasteiger partial charge in [-0.05, 0) is 30.2 Å². The lowest BCUT2D eigenvalue weighted by molar-refractivity contribution is -0.125. The molecule has 7 nitrogen and oxygen atoms in total. The number of aromatic carboxylic acids is 1. The lowest BCUT2D eigenvalue weighted by Crippen LogP contribution is -2.36. The molecule has 0 saturated carbocycles. The number of carbonyl (C=O) groups excluding carboxylic acids is 1. The van der Waals surface area contributed by atoms with E-state index in [0.29, 0.717) is 32.6 Å². The first-order chi connectivity index (χ1) is 11.3. The van der Waals surface area contributed by atoms with E-state index in [1.165, 1.54) is 28.8 Å². The maximum absolute atomic E-state index is 12.2. The number of hydrogen-bond donors (Lipinski definition) is 1. The molecule has 0 aromatic heterocycles. The summed E-state index contributed by atoms with van der Waals surface area (Å²) >= 11 is 0. The molecule has 1 saturated heterocycles. The fourth-order valence-electron chi connectivity index (χ4n) is 2.46. The Kier molecular flexibility index (Phi) is 5.74. The van der Waals surface area contributed by atoms with Crippen LogP contribution in [0.4, 0.5) is 0 Å². The van der Waals surface area contributed by atoms with Gasteiger partial charge in [0.1, 0.15) is 0 Å². The van der Waals surface area contributed by atoms with Crippen LogP contribution in [0, 0.1) is 0 Å². The fraction of sp³-hybridized carbons (Fsp3) is 0.375. The quantitative estimate of drug-likeness (QED) is 0.812. The van der Waals surface area contributed by atoms with Crippen molar-refractivity contribution in [3.05, 3.63) is 41.5 Å². The van der Waals surface area contributed by atoms with Crippen LogP contribution < -0.4 is 0 Å². The van der Waals surface area contributed by atoms with Gasteiger partial charge in [-0.1, -0.05) is 12.1 Å². The molecular weight excluding hydrogens is 332 g/mol. The van der Waals surface area contributed by atoms with Crippen LogP contribution >= 0.6 is 0 Å². The molecule has 1 fully saturated rings. The van der Waals surface area contributed by atoms with Crippen molar-refractivity contribution in [1.29, 1.82) is 0 Å². The highest BCUT2D eigenvalue weighted by molar-refractivity contribution is 7.88. The van der Waals surface area contributed by atoms with Crippen LogP contribution in [0.15, 0.2) is 30.3 Å². The van der Waals surface area contributed by atoms with Crippen LogP contribution in [0.3, 0.4) is 0 Å². The Labute approximate surface area is 141 Å². The second-order valence-corrected chi connectivity index (χ2v) is 7.58. The molecule has 1 aromatic rings. The minimum absolute atomic E-state index is 0.187. The number of benzene rings is 1. The molecule has 1 heterocycles. The Balaban J connectivity index is 1.97. The number of carbonyl (C=O) groups is 2. The highest BCUT2D eigenvalue weighted by Gasteiger charge is 2.22. The predicted molar refractivity (Wildman–Crippen MR) is 90.0 cm³/mol. The number of nitrogens with zero attached hydrogens (tertiary/aromatic N) is 2. The molecule has 1 aliphatic heterocycles. The molecule has 2 rings (SSSR count). The van der Waals surface area contributed by atoms with Gasteiger partial charge in [-0.2, -0.15) is 0 Å². The summed E-state index contributed by atoms with van der Waals surface area (Å²) in [5, 5.41) is 8.84. The molecule has 0 spiro atoms. The van der Waals surface area contributed by atoms with Crippen molar-refractivity contribution in [3.8, 4) is 0 Å². The van der Waals surface area contributed by atoms with Gasteiger partial charge in [0.2, 0.25) is 15.9 Å². The van der Waals surface area contributed by atoms with E-state index in [-0.39, 0.29) is 11.5 Å². The minimum atomic E-state index is -3.24. The molecule has 1 N–H and O–H groups in total. The molecule has 8 heteroatoms. The van der Waals surface area contributed by atoms with Crippen molar-refractivity contribution in [2.45, 2.75) is 6.42 Å². The summed E-state index contributed by atoms with van der Waals surface area (Å²) in [6.45, 7) is 1.58. The zero-order valence-corrected chi connectivity index (χ0v) is 14.2. The summed E-state index contributed by atoms with van der Waals surface area (Å²) < 4.78 is 24.5. The van der Waals surface area contributed by atoms with Crippen molar-refractivity contribution in [2.24, 2.45) is 0 Å².